The summed E-state index contributed by atoms with van der Waals surface area (Å²) in [5.74, 6) is -0.825. The lowest BCUT2D eigenvalue weighted by Crippen LogP contribution is -2.38. The molecule has 2 heterocycles. The highest BCUT2D eigenvalue weighted by molar-refractivity contribution is 7.89. The number of halogens is 1. The fourth-order valence-electron chi connectivity index (χ4n) is 3.08. The molecule has 0 radical (unpaired) electrons. The Morgan fingerprint density at radius 3 is 2.52 bits per heavy atom. The number of benzene rings is 2. The van der Waals surface area contributed by atoms with Gasteiger partial charge in [0.25, 0.3) is 0 Å². The van der Waals surface area contributed by atoms with Crippen LogP contribution in [0.25, 0.3) is 5.70 Å². The van der Waals surface area contributed by atoms with E-state index in [0.29, 0.717) is 22.2 Å². The minimum Gasteiger partial charge on any atom is -0.480 e. The van der Waals surface area contributed by atoms with Crippen molar-refractivity contribution in [2.45, 2.75) is 23.9 Å². The lowest BCUT2D eigenvalue weighted by molar-refractivity contribution is -0.138. The second-order valence-corrected chi connectivity index (χ2v) is 9.00. The number of carbonyl (C=O) groups is 1. The van der Waals surface area contributed by atoms with Crippen molar-refractivity contribution in [3.63, 3.8) is 0 Å². The number of aliphatic carboxylic acids is 1. The predicted octanol–water partition coefficient (Wildman–Crippen LogP) is 2.13. The molecule has 2 aromatic carbocycles. The van der Waals surface area contributed by atoms with Crippen molar-refractivity contribution < 1.29 is 18.3 Å². The van der Waals surface area contributed by atoms with E-state index >= 15 is 0 Å². The Kier molecular flexibility index (Phi) is 5.48. The van der Waals surface area contributed by atoms with Gasteiger partial charge in [-0.25, -0.2) is 8.42 Å². The van der Waals surface area contributed by atoms with Crippen molar-refractivity contribution in [2.24, 2.45) is 0 Å². The summed E-state index contributed by atoms with van der Waals surface area (Å²) in [4.78, 5) is 10.9. The van der Waals surface area contributed by atoms with Crippen molar-refractivity contribution >= 4 is 39.2 Å². The topological polar surface area (TPSA) is 139 Å². The zero-order valence-electron chi connectivity index (χ0n) is 16.1. The maximum absolute atomic E-state index is 12.4. The Balaban J connectivity index is 1.65. The minimum absolute atomic E-state index is 0.0418. The minimum atomic E-state index is -3.97. The van der Waals surface area contributed by atoms with Gasteiger partial charge in [0.1, 0.15) is 12.1 Å². The number of fused-ring (bicyclic) bond motifs is 1. The van der Waals surface area contributed by atoms with Crippen LogP contribution in [0.2, 0.25) is 5.02 Å². The Hall–Kier alpha value is -3.28. The van der Waals surface area contributed by atoms with Gasteiger partial charge in [-0.3, -0.25) is 4.79 Å². The third-order valence-electron chi connectivity index (χ3n) is 4.72. The van der Waals surface area contributed by atoms with Gasteiger partial charge in [-0.1, -0.05) is 41.0 Å². The number of sulfonamides is 1. The Labute approximate surface area is 182 Å². The average Bonchev–Trinajstić information content (AvgIpc) is 3.22. The molecule has 0 bridgehead atoms. The Morgan fingerprint density at radius 2 is 1.87 bits per heavy atom. The number of nitrogens with zero attached hydrogens (tertiary/aromatic N) is 4. The second-order valence-electron chi connectivity index (χ2n) is 6.85. The number of aromatic nitrogens is 4. The maximum atomic E-state index is 12.4. The molecule has 0 saturated heterocycles. The van der Waals surface area contributed by atoms with Crippen molar-refractivity contribution in [3.05, 3.63) is 70.8 Å². The molecule has 2 atom stereocenters. The van der Waals surface area contributed by atoms with Crippen LogP contribution in [0.15, 0.2) is 59.5 Å². The number of nitrogens with one attached hydrogen (secondary N) is 2. The summed E-state index contributed by atoms with van der Waals surface area (Å²) >= 11 is 5.99. The fourth-order valence-corrected chi connectivity index (χ4v) is 4.41. The second kappa shape index (κ2) is 8.10. The first kappa shape index (κ1) is 21.0. The van der Waals surface area contributed by atoms with Gasteiger partial charge in [0.05, 0.1) is 4.90 Å². The standard InChI is InChI=1S/C19H17ClN6O4S/c1-11(18(27)28)23-31(29,30)15-8-4-12(5-9-15)16-10-17(13-2-6-14(20)7-3-13)26-19(21-16)22-24-25-26/h2-11,17,23H,1H3,(H,27,28)(H,21,22,25)/t11-,17-/m0/s1. The zero-order valence-corrected chi connectivity index (χ0v) is 17.7. The Bertz CT molecular complexity index is 1260. The average molecular weight is 461 g/mol. The zero-order chi connectivity index (χ0) is 22.2. The van der Waals surface area contributed by atoms with Gasteiger partial charge in [-0.15, -0.1) is 0 Å². The van der Waals surface area contributed by atoms with Crippen LogP contribution in [-0.2, 0) is 14.8 Å². The van der Waals surface area contributed by atoms with Crippen molar-refractivity contribution in [2.75, 3.05) is 5.32 Å². The van der Waals surface area contributed by atoms with Crippen LogP contribution in [0, 0.1) is 0 Å². The summed E-state index contributed by atoms with van der Waals surface area (Å²) in [7, 11) is -3.97. The van der Waals surface area contributed by atoms with Gasteiger partial charge in [0, 0.05) is 10.7 Å². The third-order valence-corrected chi connectivity index (χ3v) is 6.53. The molecule has 3 N–H and O–H groups in total. The molecule has 0 aliphatic carbocycles. The Morgan fingerprint density at radius 1 is 1.19 bits per heavy atom. The molecule has 31 heavy (non-hydrogen) atoms. The number of carboxylic acids is 1. The monoisotopic (exact) mass is 460 g/mol. The highest BCUT2D eigenvalue weighted by atomic mass is 35.5. The summed E-state index contributed by atoms with van der Waals surface area (Å²) in [6, 6.07) is 11.8. The van der Waals surface area contributed by atoms with Crippen molar-refractivity contribution in [1.29, 1.82) is 0 Å². The first-order valence-corrected chi connectivity index (χ1v) is 11.0. The summed E-state index contributed by atoms with van der Waals surface area (Å²) in [6.45, 7) is 1.26. The molecule has 0 spiro atoms. The van der Waals surface area contributed by atoms with E-state index in [4.69, 9.17) is 16.7 Å². The number of rotatable bonds is 6. The largest absolute Gasteiger partial charge is 0.480 e. The number of tetrazole rings is 1. The first-order valence-electron chi connectivity index (χ1n) is 9.12. The van der Waals surface area contributed by atoms with E-state index < -0.39 is 22.0 Å². The number of hydrogen-bond donors (Lipinski definition) is 3. The first-order chi connectivity index (χ1) is 14.7. The molecule has 1 aliphatic heterocycles. The van der Waals surface area contributed by atoms with E-state index in [1.807, 2.05) is 18.2 Å². The van der Waals surface area contributed by atoms with Crippen LogP contribution < -0.4 is 10.0 Å². The molecule has 160 valence electrons. The molecule has 0 saturated carbocycles. The van der Waals surface area contributed by atoms with E-state index in [2.05, 4.69) is 25.6 Å². The van der Waals surface area contributed by atoms with Crippen LogP contribution >= 0.6 is 11.6 Å². The normalized spacial score (nSPS) is 16.7. The molecular weight excluding hydrogens is 444 g/mol. The highest BCUT2D eigenvalue weighted by Gasteiger charge is 2.25. The molecule has 0 amide bonds. The number of allylic oxidation sites excluding steroid dienone is 1. The van der Waals surface area contributed by atoms with Crippen molar-refractivity contribution in [3.8, 4) is 0 Å². The molecule has 10 nitrogen and oxygen atoms in total. The quantitative estimate of drug-likeness (QED) is 0.508. The highest BCUT2D eigenvalue weighted by Crippen LogP contribution is 2.32. The van der Waals surface area contributed by atoms with Crippen LogP contribution in [0.4, 0.5) is 5.95 Å². The number of anilines is 1. The molecule has 0 fully saturated rings. The molecule has 12 heteroatoms. The van der Waals surface area contributed by atoms with E-state index in [1.165, 1.54) is 19.1 Å². The van der Waals surface area contributed by atoms with Crippen LogP contribution in [-0.4, -0.2) is 45.7 Å². The van der Waals surface area contributed by atoms with Crippen molar-refractivity contribution in [1.82, 2.24) is 24.9 Å². The smallest absolute Gasteiger partial charge is 0.321 e. The molecule has 4 rings (SSSR count). The fraction of sp³-hybridized carbons (Fsp3) is 0.158. The van der Waals surface area contributed by atoms with Gasteiger partial charge < -0.3 is 10.4 Å². The molecule has 1 aromatic heterocycles. The molecule has 1 aliphatic rings. The van der Waals surface area contributed by atoms with Gasteiger partial charge in [0.15, 0.2) is 0 Å². The lowest BCUT2D eigenvalue weighted by Gasteiger charge is -2.23. The van der Waals surface area contributed by atoms with E-state index in [1.54, 1.807) is 28.9 Å². The molecule has 0 unspecified atom stereocenters. The third kappa shape index (κ3) is 4.29. The van der Waals surface area contributed by atoms with Gasteiger partial charge >= 0.3 is 5.97 Å². The van der Waals surface area contributed by atoms with E-state index in [-0.39, 0.29) is 10.9 Å². The summed E-state index contributed by atoms with van der Waals surface area (Å²) in [6.07, 6.45) is 1.92. The summed E-state index contributed by atoms with van der Waals surface area (Å²) in [5.41, 5.74) is 2.32. The number of hydrogen-bond acceptors (Lipinski definition) is 7. The van der Waals surface area contributed by atoms with Gasteiger partial charge in [0.2, 0.25) is 16.0 Å². The van der Waals surface area contributed by atoms with Gasteiger partial charge in [-0.05, 0) is 58.8 Å². The SMILES string of the molecule is C[C@H](NS(=O)(=O)c1ccc(C2=C[C@@H](c3ccc(Cl)cc3)n3nnnc3N2)cc1)C(=O)O. The molecular formula is C19H17ClN6O4S. The van der Waals surface area contributed by atoms with E-state index in [9.17, 15) is 13.2 Å². The van der Waals surface area contributed by atoms with Crippen LogP contribution in [0.3, 0.4) is 0 Å². The predicted molar refractivity (Wildman–Crippen MR) is 113 cm³/mol. The summed E-state index contributed by atoms with van der Waals surface area (Å²) in [5, 5.41) is 24.4. The lowest BCUT2D eigenvalue weighted by atomic mass is 10.0. The summed E-state index contributed by atoms with van der Waals surface area (Å²) < 4.78 is 28.5. The molecule has 3 aromatic rings. The van der Waals surface area contributed by atoms with Crippen LogP contribution in [0.1, 0.15) is 24.1 Å². The van der Waals surface area contributed by atoms with Gasteiger partial charge in [-0.2, -0.15) is 9.40 Å². The van der Waals surface area contributed by atoms with Crippen LogP contribution in [0.5, 0.6) is 0 Å². The number of carboxylic acid groups (broad SMARTS) is 1. The van der Waals surface area contributed by atoms with E-state index in [0.717, 1.165) is 5.56 Å². The maximum Gasteiger partial charge on any atom is 0.321 e.